The largest absolute Gasteiger partial charge is 0.469 e. The van der Waals surface area contributed by atoms with Crippen LogP contribution in [0.1, 0.15) is 12.1 Å². The molecule has 3 nitrogen and oxygen atoms in total. The minimum Gasteiger partial charge on any atom is -0.469 e. The van der Waals surface area contributed by atoms with Gasteiger partial charge in [-0.25, -0.2) is 9.37 Å². The summed E-state index contributed by atoms with van der Waals surface area (Å²) in [5.74, 6) is -0.551. The molecule has 0 saturated heterocycles. The van der Waals surface area contributed by atoms with Gasteiger partial charge in [0, 0.05) is 17.4 Å². The maximum atomic E-state index is 13.2. The maximum absolute atomic E-state index is 13.2. The van der Waals surface area contributed by atoms with Gasteiger partial charge < -0.3 is 4.74 Å². The van der Waals surface area contributed by atoms with Crippen LogP contribution in [0.3, 0.4) is 0 Å². The van der Waals surface area contributed by atoms with Crippen molar-refractivity contribution in [3.8, 4) is 10.6 Å². The van der Waals surface area contributed by atoms with Gasteiger partial charge >= 0.3 is 5.97 Å². The lowest BCUT2D eigenvalue weighted by molar-refractivity contribution is -0.140. The molecule has 19 heavy (non-hydrogen) atoms. The molecule has 2 aromatic rings. The zero-order valence-corrected chi connectivity index (χ0v) is 12.6. The lowest BCUT2D eigenvalue weighted by atomic mass is 10.2. The van der Waals surface area contributed by atoms with Crippen molar-refractivity contribution in [3.05, 3.63) is 39.6 Å². The highest BCUT2D eigenvalue weighted by Gasteiger charge is 2.09. The number of carbonyl (C=O) groups is 1. The second-order valence-electron chi connectivity index (χ2n) is 3.85. The molecular formula is C13H11BrFNO2S. The number of ether oxygens (including phenoxy) is 1. The highest BCUT2D eigenvalue weighted by molar-refractivity contribution is 9.10. The number of hydrogen-bond donors (Lipinski definition) is 0. The Labute approximate surface area is 122 Å². The van der Waals surface area contributed by atoms with E-state index in [2.05, 4.69) is 25.7 Å². The van der Waals surface area contributed by atoms with Crippen molar-refractivity contribution in [1.82, 2.24) is 4.98 Å². The van der Waals surface area contributed by atoms with Crippen LogP contribution in [0.15, 0.2) is 28.1 Å². The monoisotopic (exact) mass is 343 g/mol. The van der Waals surface area contributed by atoms with E-state index >= 15 is 0 Å². The standard InChI is InChI=1S/C13H11BrFNO2S/c1-18-12(17)5-3-9-7-19-13(16-9)8-2-4-11(15)10(14)6-8/h2,4,6-7H,3,5H2,1H3. The lowest BCUT2D eigenvalue weighted by Crippen LogP contribution is -2.01. The Kier molecular flexibility index (Phi) is 4.66. The number of thiazole rings is 1. The molecule has 2 rings (SSSR count). The quantitative estimate of drug-likeness (QED) is 0.792. The molecule has 0 bridgehead atoms. The third kappa shape index (κ3) is 3.61. The summed E-state index contributed by atoms with van der Waals surface area (Å²) >= 11 is 4.62. The maximum Gasteiger partial charge on any atom is 0.305 e. The SMILES string of the molecule is COC(=O)CCc1csc(-c2ccc(F)c(Br)c2)n1. The fourth-order valence-corrected chi connectivity index (χ4v) is 2.75. The molecule has 0 aliphatic heterocycles. The van der Waals surface area contributed by atoms with Crippen LogP contribution in [0, 0.1) is 5.82 Å². The van der Waals surface area contributed by atoms with E-state index in [1.54, 1.807) is 12.1 Å². The van der Waals surface area contributed by atoms with Crippen molar-refractivity contribution in [2.75, 3.05) is 7.11 Å². The molecule has 1 aromatic carbocycles. The minimum atomic E-state index is -0.300. The van der Waals surface area contributed by atoms with Gasteiger partial charge in [-0.15, -0.1) is 11.3 Å². The third-order valence-corrected chi connectivity index (χ3v) is 4.08. The molecule has 0 unspecified atom stereocenters. The summed E-state index contributed by atoms with van der Waals surface area (Å²) in [5.41, 5.74) is 1.69. The lowest BCUT2D eigenvalue weighted by Gasteiger charge is -1.99. The summed E-state index contributed by atoms with van der Waals surface area (Å²) in [7, 11) is 1.37. The summed E-state index contributed by atoms with van der Waals surface area (Å²) < 4.78 is 18.1. The number of carbonyl (C=O) groups excluding carboxylic acids is 1. The van der Waals surface area contributed by atoms with Gasteiger partial charge in [-0.3, -0.25) is 4.79 Å². The molecule has 1 aromatic heterocycles. The Bertz CT molecular complexity index is 600. The molecule has 0 N–H and O–H groups in total. The summed E-state index contributed by atoms with van der Waals surface area (Å²) in [4.78, 5) is 15.5. The number of halogens is 2. The molecule has 6 heteroatoms. The molecule has 0 amide bonds. The van der Waals surface area contributed by atoms with Crippen LogP contribution >= 0.6 is 27.3 Å². The van der Waals surface area contributed by atoms with Crippen molar-refractivity contribution in [1.29, 1.82) is 0 Å². The predicted molar refractivity (Wildman–Crippen MR) is 75.5 cm³/mol. The van der Waals surface area contributed by atoms with Crippen LogP contribution in [0.2, 0.25) is 0 Å². The Morgan fingerprint density at radius 2 is 2.32 bits per heavy atom. The van der Waals surface area contributed by atoms with E-state index < -0.39 is 0 Å². The number of aryl methyl sites for hydroxylation is 1. The third-order valence-electron chi connectivity index (χ3n) is 2.53. The van der Waals surface area contributed by atoms with E-state index in [1.165, 1.54) is 24.5 Å². The molecule has 0 aliphatic rings. The smallest absolute Gasteiger partial charge is 0.305 e. The molecule has 1 heterocycles. The topological polar surface area (TPSA) is 39.2 Å². The number of methoxy groups -OCH3 is 1. The summed E-state index contributed by atoms with van der Waals surface area (Å²) in [6, 6.07) is 4.77. The van der Waals surface area contributed by atoms with Gasteiger partial charge in [-0.1, -0.05) is 0 Å². The van der Waals surface area contributed by atoms with Crippen molar-refractivity contribution in [2.45, 2.75) is 12.8 Å². The van der Waals surface area contributed by atoms with Gasteiger partial charge in [0.2, 0.25) is 0 Å². The highest BCUT2D eigenvalue weighted by atomic mass is 79.9. The first-order chi connectivity index (χ1) is 9.10. The first-order valence-corrected chi connectivity index (χ1v) is 7.24. The predicted octanol–water partition coefficient (Wildman–Crippen LogP) is 3.82. The Hall–Kier alpha value is -1.27. The molecule has 100 valence electrons. The highest BCUT2D eigenvalue weighted by Crippen LogP contribution is 2.28. The van der Waals surface area contributed by atoms with Crippen molar-refractivity contribution >= 4 is 33.2 Å². The molecule has 0 aliphatic carbocycles. The van der Waals surface area contributed by atoms with Crippen LogP contribution < -0.4 is 0 Å². The molecule has 0 atom stereocenters. The summed E-state index contributed by atoms with van der Waals surface area (Å²) in [6.45, 7) is 0. The second kappa shape index (κ2) is 6.25. The van der Waals surface area contributed by atoms with E-state index in [0.717, 1.165) is 16.3 Å². The first kappa shape index (κ1) is 14.1. The average Bonchev–Trinajstić information content (AvgIpc) is 2.88. The van der Waals surface area contributed by atoms with Gasteiger partial charge in [0.15, 0.2) is 0 Å². The fourth-order valence-electron chi connectivity index (χ4n) is 1.52. The average molecular weight is 344 g/mol. The zero-order valence-electron chi connectivity index (χ0n) is 10.2. The first-order valence-electron chi connectivity index (χ1n) is 5.57. The number of benzene rings is 1. The number of rotatable bonds is 4. The van der Waals surface area contributed by atoms with Gasteiger partial charge in [0.25, 0.3) is 0 Å². The van der Waals surface area contributed by atoms with Gasteiger partial charge in [0.05, 0.1) is 23.7 Å². The number of esters is 1. The van der Waals surface area contributed by atoms with E-state index in [0.29, 0.717) is 17.3 Å². The van der Waals surface area contributed by atoms with Crippen LogP contribution in [0.25, 0.3) is 10.6 Å². The fraction of sp³-hybridized carbons (Fsp3) is 0.231. The van der Waals surface area contributed by atoms with Crippen molar-refractivity contribution in [3.63, 3.8) is 0 Å². The molecule has 0 spiro atoms. The van der Waals surface area contributed by atoms with Crippen LogP contribution in [-0.2, 0) is 16.0 Å². The van der Waals surface area contributed by atoms with Gasteiger partial charge in [-0.2, -0.15) is 0 Å². The normalized spacial score (nSPS) is 10.5. The van der Waals surface area contributed by atoms with E-state index in [-0.39, 0.29) is 11.8 Å². The summed E-state index contributed by atoms with van der Waals surface area (Å²) in [5, 5.41) is 2.70. The molecular weight excluding hydrogens is 333 g/mol. The number of hydrogen-bond acceptors (Lipinski definition) is 4. The van der Waals surface area contributed by atoms with E-state index in [1.807, 2.05) is 5.38 Å². The number of nitrogens with zero attached hydrogens (tertiary/aromatic N) is 1. The van der Waals surface area contributed by atoms with Gasteiger partial charge in [0.1, 0.15) is 10.8 Å². The van der Waals surface area contributed by atoms with Crippen LogP contribution in [0.4, 0.5) is 4.39 Å². The van der Waals surface area contributed by atoms with Crippen LogP contribution in [0.5, 0.6) is 0 Å². The number of aromatic nitrogens is 1. The van der Waals surface area contributed by atoms with E-state index in [4.69, 9.17) is 0 Å². The Balaban J connectivity index is 2.12. The van der Waals surface area contributed by atoms with Crippen molar-refractivity contribution < 1.29 is 13.9 Å². The Morgan fingerprint density at radius 3 is 3.00 bits per heavy atom. The minimum absolute atomic E-state index is 0.251. The molecule has 0 fully saturated rings. The van der Waals surface area contributed by atoms with Crippen LogP contribution in [-0.4, -0.2) is 18.1 Å². The second-order valence-corrected chi connectivity index (χ2v) is 5.56. The van der Waals surface area contributed by atoms with Crippen molar-refractivity contribution in [2.24, 2.45) is 0 Å². The summed E-state index contributed by atoms with van der Waals surface area (Å²) in [6.07, 6.45) is 0.859. The van der Waals surface area contributed by atoms with Gasteiger partial charge in [-0.05, 0) is 34.1 Å². The zero-order chi connectivity index (χ0) is 13.8. The van der Waals surface area contributed by atoms with E-state index in [9.17, 15) is 9.18 Å². The Morgan fingerprint density at radius 1 is 1.53 bits per heavy atom. The molecule has 0 saturated carbocycles. The molecule has 0 radical (unpaired) electrons.